The molecule has 9 aromatic rings. The van der Waals surface area contributed by atoms with Crippen molar-refractivity contribution in [1.82, 2.24) is 0 Å². The van der Waals surface area contributed by atoms with Crippen LogP contribution in [-0.2, 0) is 0 Å². The third kappa shape index (κ3) is 12.0. The Kier molecular flexibility index (Phi) is 17.9. The predicted octanol–water partition coefficient (Wildman–Crippen LogP) is 13.8. The molecule has 0 radical (unpaired) electrons. The van der Waals surface area contributed by atoms with Gasteiger partial charge < -0.3 is 0 Å². The molecule has 0 aliphatic rings. The zero-order valence-corrected chi connectivity index (χ0v) is 43.3. The third-order valence-electron chi connectivity index (χ3n) is 11.9. The van der Waals surface area contributed by atoms with Crippen molar-refractivity contribution in [1.29, 1.82) is 0 Å². The summed E-state index contributed by atoms with van der Waals surface area (Å²) >= 11 is 0. The lowest BCUT2D eigenvalue weighted by molar-refractivity contribution is 1.41. The number of allylic oxidation sites excluding steroid dienone is 3. The topological polar surface area (TPSA) is 0 Å². The molecule has 0 spiro atoms. The van der Waals surface area contributed by atoms with E-state index in [0.717, 1.165) is 11.7 Å². The standard InChI is InChI=1S/2C22H22P.C22H21P/c3*1-19(2)18-23(20-12-6-3-7-13-20,21-14-8-4-9-15-21)22-16-10-5-11-17-22/h3-18H,1-2H3;3-17H,1,18H2,2H3;3-18H,1H2,2H3/q2*+1;. The molecule has 0 nitrogen and oxygen atoms in total. The summed E-state index contributed by atoms with van der Waals surface area (Å²) in [6.45, 7) is 15.2. The van der Waals surface area contributed by atoms with Crippen LogP contribution in [0.4, 0.5) is 0 Å². The van der Waals surface area contributed by atoms with Crippen LogP contribution < -0.4 is 47.7 Å². The van der Waals surface area contributed by atoms with Crippen molar-refractivity contribution >= 4 is 74.9 Å². The molecule has 0 fully saturated rings. The lowest BCUT2D eigenvalue weighted by Crippen LogP contribution is -2.33. The molecule has 0 saturated heterocycles. The van der Waals surface area contributed by atoms with Crippen molar-refractivity contribution in [2.75, 3.05) is 6.16 Å². The summed E-state index contributed by atoms with van der Waals surface area (Å²) in [7, 11) is -3.48. The third-order valence-corrected chi connectivity index (χ3v) is 24.9. The molecule has 0 bridgehead atoms. The first-order valence-corrected chi connectivity index (χ1v) is 29.4. The minimum Gasteiger partial charge on any atom is -0.0965 e. The van der Waals surface area contributed by atoms with Gasteiger partial charge in [-0.05, 0) is 140 Å². The highest BCUT2D eigenvalue weighted by atomic mass is 31.2. The highest BCUT2D eigenvalue weighted by Crippen LogP contribution is 2.58. The molecular formula is C66H65P3+2. The van der Waals surface area contributed by atoms with Crippen molar-refractivity contribution in [2.24, 2.45) is 0 Å². The van der Waals surface area contributed by atoms with E-state index in [2.05, 4.69) is 325 Å². The van der Waals surface area contributed by atoms with Crippen molar-refractivity contribution in [3.05, 3.63) is 309 Å². The molecule has 0 heterocycles. The van der Waals surface area contributed by atoms with Crippen LogP contribution in [-0.4, -0.2) is 12.0 Å². The van der Waals surface area contributed by atoms with E-state index in [4.69, 9.17) is 0 Å². The fraction of sp³-hybridized carbons (Fsp3) is 0.0758. The van der Waals surface area contributed by atoms with E-state index in [0.29, 0.717) is 0 Å². The van der Waals surface area contributed by atoms with E-state index in [1.54, 1.807) is 0 Å². The molecular weight excluding hydrogens is 886 g/mol. The van der Waals surface area contributed by atoms with Crippen LogP contribution in [0.3, 0.4) is 0 Å². The molecule has 0 unspecified atom stereocenters. The van der Waals surface area contributed by atoms with Crippen molar-refractivity contribution in [3.63, 3.8) is 0 Å². The van der Waals surface area contributed by atoms with Crippen LogP contribution in [0, 0.1) is 0 Å². The zero-order valence-electron chi connectivity index (χ0n) is 40.6. The molecule has 0 N–H and O–H groups in total. The summed E-state index contributed by atoms with van der Waals surface area (Å²) < 4.78 is 0. The second kappa shape index (κ2) is 24.6. The minimum absolute atomic E-state index is 1.00. The summed E-state index contributed by atoms with van der Waals surface area (Å²) in [6.07, 6.45) is 1.00. The number of hydrogen-bond donors (Lipinski definition) is 0. The van der Waals surface area contributed by atoms with E-state index in [9.17, 15) is 0 Å². The quantitative estimate of drug-likeness (QED) is 0.0798. The van der Waals surface area contributed by atoms with E-state index in [1.807, 2.05) is 0 Å². The number of rotatable bonds is 13. The Morgan fingerprint density at radius 1 is 0.348 bits per heavy atom. The van der Waals surface area contributed by atoms with E-state index < -0.39 is 21.4 Å². The van der Waals surface area contributed by atoms with Crippen LogP contribution in [0.15, 0.2) is 309 Å². The fourth-order valence-electron chi connectivity index (χ4n) is 9.21. The van der Waals surface area contributed by atoms with Gasteiger partial charge in [-0.1, -0.05) is 219 Å². The highest BCUT2D eigenvalue weighted by molar-refractivity contribution is 7.98. The van der Waals surface area contributed by atoms with Gasteiger partial charge in [0.1, 0.15) is 46.4 Å². The van der Waals surface area contributed by atoms with Crippen molar-refractivity contribution < 1.29 is 0 Å². The lowest BCUT2D eigenvalue weighted by atomic mass is 10.3. The van der Waals surface area contributed by atoms with Gasteiger partial charge in [0.05, 0.1) is 12.0 Å². The molecule has 3 heteroatoms. The van der Waals surface area contributed by atoms with Gasteiger partial charge in [-0.2, -0.15) is 0 Å². The van der Waals surface area contributed by atoms with E-state index >= 15 is 0 Å². The zero-order chi connectivity index (χ0) is 48.4. The lowest BCUT2D eigenvalue weighted by Gasteiger charge is -2.28. The largest absolute Gasteiger partial charge is 0.136 e. The van der Waals surface area contributed by atoms with E-state index in [-0.39, 0.29) is 0 Å². The Morgan fingerprint density at radius 3 is 0.797 bits per heavy atom. The van der Waals surface area contributed by atoms with Crippen LogP contribution in [0.2, 0.25) is 0 Å². The Morgan fingerprint density at radius 2 is 0.580 bits per heavy atom. The summed E-state index contributed by atoms with van der Waals surface area (Å²) in [4.78, 5) is 0. The van der Waals surface area contributed by atoms with Gasteiger partial charge in [0.25, 0.3) is 0 Å². The molecule has 0 saturated carbocycles. The average Bonchev–Trinajstić information content (AvgIpc) is 3.41. The van der Waals surface area contributed by atoms with Crippen molar-refractivity contribution in [2.45, 2.75) is 27.7 Å². The predicted molar refractivity (Wildman–Crippen MR) is 315 cm³/mol. The van der Waals surface area contributed by atoms with Gasteiger partial charge in [-0.15, -0.1) is 0 Å². The maximum Gasteiger partial charge on any atom is 0.136 e. The SMILES string of the molecule is C=C(C)C=P(c1ccccc1)(c1ccccc1)c1ccccc1.C=C(C)C[P+](c1ccccc1)(c1ccccc1)c1ccccc1.CC(C)=C[P+](c1ccccc1)(c1ccccc1)c1ccccc1. The van der Waals surface area contributed by atoms with Gasteiger partial charge in [-0.3, -0.25) is 0 Å². The minimum atomic E-state index is -1.83. The second-order valence-corrected chi connectivity index (χ2v) is 27.6. The van der Waals surface area contributed by atoms with Crippen LogP contribution in [0.5, 0.6) is 0 Å². The maximum atomic E-state index is 4.24. The van der Waals surface area contributed by atoms with Crippen LogP contribution in [0.25, 0.3) is 0 Å². The smallest absolute Gasteiger partial charge is 0.0965 e. The summed E-state index contributed by atoms with van der Waals surface area (Å²) in [5.74, 6) is 4.88. The molecule has 0 aromatic heterocycles. The van der Waals surface area contributed by atoms with Crippen molar-refractivity contribution in [3.8, 4) is 0 Å². The second-order valence-electron chi connectivity index (χ2n) is 17.6. The first kappa shape index (κ1) is 50.2. The first-order chi connectivity index (χ1) is 33.7. The number of benzene rings is 9. The Bertz CT molecular complexity index is 2740. The summed E-state index contributed by atoms with van der Waals surface area (Å²) in [6, 6.07) is 98.1. The molecule has 0 atom stereocenters. The maximum absolute atomic E-state index is 4.24. The Hall–Kier alpha value is -6.64. The van der Waals surface area contributed by atoms with Crippen LogP contribution >= 0.6 is 21.4 Å². The van der Waals surface area contributed by atoms with Crippen LogP contribution in [0.1, 0.15) is 27.7 Å². The van der Waals surface area contributed by atoms with E-state index in [1.165, 1.54) is 58.9 Å². The fourth-order valence-corrected chi connectivity index (χ4v) is 21.5. The number of hydrogen-bond acceptors (Lipinski definition) is 0. The average molecular weight is 951 g/mol. The molecule has 9 aromatic carbocycles. The molecule has 342 valence electrons. The van der Waals surface area contributed by atoms with Gasteiger partial charge in [0, 0.05) is 0 Å². The first-order valence-electron chi connectivity index (χ1n) is 23.7. The summed E-state index contributed by atoms with van der Waals surface area (Å²) in [5, 5.41) is 12.5. The Labute approximate surface area is 415 Å². The van der Waals surface area contributed by atoms with Gasteiger partial charge in [-0.25, -0.2) is 0 Å². The normalized spacial score (nSPS) is 11.1. The molecule has 0 aliphatic heterocycles. The summed E-state index contributed by atoms with van der Waals surface area (Å²) in [5.41, 5.74) is 3.69. The molecule has 69 heavy (non-hydrogen) atoms. The van der Waals surface area contributed by atoms with Gasteiger partial charge >= 0.3 is 0 Å². The highest BCUT2D eigenvalue weighted by Gasteiger charge is 2.45. The molecule has 0 amide bonds. The molecule has 0 aliphatic carbocycles. The monoisotopic (exact) mass is 950 g/mol. The van der Waals surface area contributed by atoms with Gasteiger partial charge in [0.2, 0.25) is 0 Å². The molecule has 9 rings (SSSR count). The Balaban J connectivity index is 0.000000153. The van der Waals surface area contributed by atoms with Gasteiger partial charge in [0.15, 0.2) is 0 Å².